The van der Waals surface area contributed by atoms with Gasteiger partial charge >= 0.3 is 0 Å². The quantitative estimate of drug-likeness (QED) is 0.260. The molecule has 2 nitrogen and oxygen atoms in total. The molecular weight excluding hydrogens is 426 g/mol. The SMILES string of the molecule is Clc1ccc2c3cc(-c4ccc5oc6ccccc6c5c4)ccc3n(-c3ccccc3)c2c1. The zero-order valence-electron chi connectivity index (χ0n) is 17.6. The molecule has 2 heterocycles. The Kier molecular flexibility index (Phi) is 3.93. The maximum absolute atomic E-state index is 6.40. The van der Waals surface area contributed by atoms with E-state index in [1.807, 2.05) is 30.3 Å². The van der Waals surface area contributed by atoms with Gasteiger partial charge in [-0.15, -0.1) is 0 Å². The van der Waals surface area contributed by atoms with Crippen LogP contribution in [0.15, 0.2) is 114 Å². The summed E-state index contributed by atoms with van der Waals surface area (Å²) in [5, 5.41) is 5.42. The number of halogens is 1. The molecule has 0 fully saturated rings. The number of fused-ring (bicyclic) bond motifs is 6. The lowest BCUT2D eigenvalue weighted by Crippen LogP contribution is -1.93. The van der Waals surface area contributed by atoms with Gasteiger partial charge in [0.25, 0.3) is 0 Å². The van der Waals surface area contributed by atoms with Crippen LogP contribution in [0.5, 0.6) is 0 Å². The Hall–Kier alpha value is -4.01. The molecule has 0 amide bonds. The van der Waals surface area contributed by atoms with Crippen molar-refractivity contribution < 1.29 is 4.42 Å². The summed E-state index contributed by atoms with van der Waals surface area (Å²) in [7, 11) is 0. The van der Waals surface area contributed by atoms with E-state index in [1.165, 1.54) is 21.9 Å². The predicted molar refractivity (Wildman–Crippen MR) is 139 cm³/mol. The molecule has 0 saturated carbocycles. The van der Waals surface area contributed by atoms with Crippen molar-refractivity contribution in [3.63, 3.8) is 0 Å². The molecule has 7 aromatic rings. The van der Waals surface area contributed by atoms with E-state index in [2.05, 4.69) is 83.4 Å². The van der Waals surface area contributed by atoms with E-state index in [0.717, 1.165) is 43.7 Å². The Morgan fingerprint density at radius 3 is 2.12 bits per heavy atom. The van der Waals surface area contributed by atoms with E-state index < -0.39 is 0 Å². The minimum atomic E-state index is 0.736. The van der Waals surface area contributed by atoms with E-state index in [0.29, 0.717) is 0 Å². The third-order valence-corrected chi connectivity index (χ3v) is 6.69. The van der Waals surface area contributed by atoms with Gasteiger partial charge in [-0.05, 0) is 65.7 Å². The van der Waals surface area contributed by atoms with Gasteiger partial charge in [0, 0.05) is 32.3 Å². The van der Waals surface area contributed by atoms with Crippen molar-refractivity contribution in [2.75, 3.05) is 0 Å². The Morgan fingerprint density at radius 2 is 1.24 bits per heavy atom. The van der Waals surface area contributed by atoms with Crippen molar-refractivity contribution in [2.24, 2.45) is 0 Å². The highest BCUT2D eigenvalue weighted by atomic mass is 35.5. The summed E-state index contributed by atoms with van der Waals surface area (Å²) < 4.78 is 8.30. The molecule has 0 bridgehead atoms. The molecule has 0 aliphatic carbocycles. The number of furan rings is 1. The van der Waals surface area contributed by atoms with Gasteiger partial charge in [-0.3, -0.25) is 0 Å². The lowest BCUT2D eigenvalue weighted by atomic mass is 10.0. The molecule has 2 aromatic heterocycles. The average molecular weight is 444 g/mol. The number of nitrogens with zero attached hydrogens (tertiary/aromatic N) is 1. The normalized spacial score (nSPS) is 11.8. The van der Waals surface area contributed by atoms with Crippen molar-refractivity contribution in [1.82, 2.24) is 4.57 Å². The zero-order chi connectivity index (χ0) is 21.9. The summed E-state index contributed by atoms with van der Waals surface area (Å²) in [6, 6.07) is 37.9. The minimum Gasteiger partial charge on any atom is -0.456 e. The van der Waals surface area contributed by atoms with Crippen molar-refractivity contribution in [2.45, 2.75) is 0 Å². The number of benzene rings is 5. The molecular formula is C30H18ClNO. The summed E-state index contributed by atoms with van der Waals surface area (Å²) in [6.07, 6.45) is 0. The molecule has 0 saturated heterocycles. The largest absolute Gasteiger partial charge is 0.456 e. The molecule has 0 radical (unpaired) electrons. The van der Waals surface area contributed by atoms with Crippen LogP contribution >= 0.6 is 11.6 Å². The zero-order valence-corrected chi connectivity index (χ0v) is 18.4. The summed E-state index contributed by atoms with van der Waals surface area (Å²) in [6.45, 7) is 0. The molecule has 0 N–H and O–H groups in total. The molecule has 156 valence electrons. The number of para-hydroxylation sites is 2. The third-order valence-electron chi connectivity index (χ3n) is 6.45. The van der Waals surface area contributed by atoms with Crippen LogP contribution < -0.4 is 0 Å². The molecule has 7 rings (SSSR count). The summed E-state index contributed by atoms with van der Waals surface area (Å²) in [5.41, 5.74) is 7.58. The second-order valence-corrected chi connectivity index (χ2v) is 8.81. The maximum Gasteiger partial charge on any atom is 0.135 e. The Morgan fingerprint density at radius 1 is 0.515 bits per heavy atom. The van der Waals surface area contributed by atoms with Gasteiger partial charge in [0.2, 0.25) is 0 Å². The first kappa shape index (κ1) is 18.6. The maximum atomic E-state index is 6.40. The van der Waals surface area contributed by atoms with Crippen LogP contribution in [0.25, 0.3) is 60.6 Å². The Labute approximate surface area is 195 Å². The Balaban J connectivity index is 1.49. The highest BCUT2D eigenvalue weighted by molar-refractivity contribution is 6.31. The summed E-state index contributed by atoms with van der Waals surface area (Å²) >= 11 is 6.40. The summed E-state index contributed by atoms with van der Waals surface area (Å²) in [5.74, 6) is 0. The van der Waals surface area contributed by atoms with Gasteiger partial charge in [0.1, 0.15) is 11.2 Å². The van der Waals surface area contributed by atoms with Crippen LogP contribution in [0.3, 0.4) is 0 Å². The highest BCUT2D eigenvalue weighted by Gasteiger charge is 2.14. The average Bonchev–Trinajstić information content (AvgIpc) is 3.38. The van der Waals surface area contributed by atoms with Gasteiger partial charge in [-0.1, -0.05) is 66.2 Å². The van der Waals surface area contributed by atoms with Gasteiger partial charge in [-0.25, -0.2) is 0 Å². The fourth-order valence-electron chi connectivity index (χ4n) is 4.93. The molecule has 0 spiro atoms. The molecule has 0 unspecified atom stereocenters. The summed E-state index contributed by atoms with van der Waals surface area (Å²) in [4.78, 5) is 0. The van der Waals surface area contributed by atoms with Gasteiger partial charge < -0.3 is 8.98 Å². The van der Waals surface area contributed by atoms with Gasteiger partial charge in [0.05, 0.1) is 11.0 Å². The van der Waals surface area contributed by atoms with E-state index in [4.69, 9.17) is 16.0 Å². The van der Waals surface area contributed by atoms with E-state index in [-0.39, 0.29) is 0 Å². The van der Waals surface area contributed by atoms with E-state index in [1.54, 1.807) is 0 Å². The first-order valence-electron chi connectivity index (χ1n) is 11.0. The first-order valence-corrected chi connectivity index (χ1v) is 11.3. The number of hydrogen-bond acceptors (Lipinski definition) is 1. The highest BCUT2D eigenvalue weighted by Crippen LogP contribution is 2.37. The molecule has 0 aliphatic rings. The second-order valence-electron chi connectivity index (χ2n) is 8.37. The predicted octanol–water partition coefficient (Wildman–Crippen LogP) is 9.00. The standard InChI is InChI=1S/C30H18ClNO/c31-21-12-13-23-25-16-19(10-14-27(25)32(28(23)18-21)22-6-2-1-3-7-22)20-11-15-30-26(17-20)24-8-4-5-9-29(24)33-30/h1-18H. The van der Waals surface area contributed by atoms with Crippen molar-refractivity contribution in [1.29, 1.82) is 0 Å². The monoisotopic (exact) mass is 443 g/mol. The van der Waals surface area contributed by atoms with Crippen molar-refractivity contribution >= 4 is 55.3 Å². The van der Waals surface area contributed by atoms with Crippen LogP contribution in [0.1, 0.15) is 0 Å². The lowest BCUT2D eigenvalue weighted by Gasteiger charge is -2.08. The lowest BCUT2D eigenvalue weighted by molar-refractivity contribution is 0.669. The number of rotatable bonds is 2. The molecule has 5 aromatic carbocycles. The van der Waals surface area contributed by atoms with Gasteiger partial charge in [0.15, 0.2) is 0 Å². The third kappa shape index (κ3) is 2.81. The van der Waals surface area contributed by atoms with E-state index >= 15 is 0 Å². The molecule has 0 aliphatic heterocycles. The van der Waals surface area contributed by atoms with Crippen LogP contribution in [0.4, 0.5) is 0 Å². The van der Waals surface area contributed by atoms with E-state index in [9.17, 15) is 0 Å². The van der Waals surface area contributed by atoms with Crippen molar-refractivity contribution in [3.05, 3.63) is 114 Å². The molecule has 33 heavy (non-hydrogen) atoms. The van der Waals surface area contributed by atoms with Gasteiger partial charge in [-0.2, -0.15) is 0 Å². The molecule has 0 atom stereocenters. The first-order chi connectivity index (χ1) is 16.3. The fraction of sp³-hybridized carbons (Fsp3) is 0. The smallest absolute Gasteiger partial charge is 0.135 e. The van der Waals surface area contributed by atoms with Crippen LogP contribution in [-0.2, 0) is 0 Å². The minimum absolute atomic E-state index is 0.736. The fourth-order valence-corrected chi connectivity index (χ4v) is 5.10. The molecule has 3 heteroatoms. The topological polar surface area (TPSA) is 18.1 Å². The number of hydrogen-bond donors (Lipinski definition) is 0. The van der Waals surface area contributed by atoms with Crippen LogP contribution in [0.2, 0.25) is 5.02 Å². The van der Waals surface area contributed by atoms with Crippen LogP contribution in [-0.4, -0.2) is 4.57 Å². The number of aromatic nitrogens is 1. The van der Waals surface area contributed by atoms with Crippen molar-refractivity contribution in [3.8, 4) is 16.8 Å². The Bertz CT molecular complexity index is 1830. The van der Waals surface area contributed by atoms with Crippen LogP contribution in [0, 0.1) is 0 Å². The second kappa shape index (κ2) is 6.99.